The highest BCUT2D eigenvalue weighted by Gasteiger charge is 2.10. The van der Waals surface area contributed by atoms with E-state index >= 15 is 0 Å². The lowest BCUT2D eigenvalue weighted by Gasteiger charge is -2.08. The van der Waals surface area contributed by atoms with Gasteiger partial charge in [-0.15, -0.1) is 0 Å². The van der Waals surface area contributed by atoms with Crippen molar-refractivity contribution in [3.05, 3.63) is 65.6 Å². The van der Waals surface area contributed by atoms with Gasteiger partial charge in [0.2, 0.25) is 0 Å². The molecule has 3 heterocycles. The van der Waals surface area contributed by atoms with Crippen molar-refractivity contribution < 1.29 is 8.78 Å². The second-order valence-corrected chi connectivity index (χ2v) is 5.25. The number of aliphatic imine (C=N–C) groups is 1. The highest BCUT2D eigenvalue weighted by atomic mass is 19.2. The summed E-state index contributed by atoms with van der Waals surface area (Å²) >= 11 is 0. The molecule has 1 aromatic carbocycles. The number of benzene rings is 1. The third-order valence-corrected chi connectivity index (χ3v) is 3.58. The summed E-state index contributed by atoms with van der Waals surface area (Å²) in [5, 5.41) is 3.13. The molecule has 0 saturated carbocycles. The molecule has 2 aromatic heterocycles. The van der Waals surface area contributed by atoms with Crippen LogP contribution in [-0.2, 0) is 6.54 Å². The lowest BCUT2D eigenvalue weighted by molar-refractivity contribution is 0.509. The average molecular weight is 323 g/mol. The molecule has 0 unspecified atom stereocenters. The zero-order valence-electron chi connectivity index (χ0n) is 12.4. The van der Waals surface area contributed by atoms with Crippen LogP contribution in [0.1, 0.15) is 11.3 Å². The highest BCUT2D eigenvalue weighted by Crippen LogP contribution is 2.22. The number of halogens is 2. The van der Waals surface area contributed by atoms with Crippen LogP contribution < -0.4 is 5.32 Å². The van der Waals surface area contributed by atoms with Gasteiger partial charge in [0.25, 0.3) is 0 Å². The average Bonchev–Trinajstić information content (AvgIpc) is 3.05. The lowest BCUT2D eigenvalue weighted by atomic mass is 10.2. The number of anilines is 2. The van der Waals surface area contributed by atoms with Crippen molar-refractivity contribution in [2.75, 3.05) is 5.32 Å². The van der Waals surface area contributed by atoms with Crippen LogP contribution in [0.3, 0.4) is 0 Å². The largest absolute Gasteiger partial charge is 0.339 e. The third-order valence-electron chi connectivity index (χ3n) is 3.58. The summed E-state index contributed by atoms with van der Waals surface area (Å²) in [6.45, 7) is 0.601. The van der Waals surface area contributed by atoms with E-state index in [1.54, 1.807) is 24.7 Å². The predicted octanol–water partition coefficient (Wildman–Crippen LogP) is 3.49. The number of rotatable bonds is 3. The normalized spacial score (nSPS) is 12.2. The van der Waals surface area contributed by atoms with Crippen molar-refractivity contribution in [3.63, 3.8) is 0 Å². The summed E-state index contributed by atoms with van der Waals surface area (Å²) in [5.41, 5.74) is 3.06. The fourth-order valence-electron chi connectivity index (χ4n) is 2.40. The quantitative estimate of drug-likeness (QED) is 0.801. The first kappa shape index (κ1) is 14.4. The SMILES string of the molecule is Fc1ccc(-c2nccc(Nc3cnc4c(c3)C=NC4)n2)cc1F. The Morgan fingerprint density at radius 2 is 1.92 bits per heavy atom. The number of fused-ring (bicyclic) bond motifs is 1. The molecule has 0 spiro atoms. The lowest BCUT2D eigenvalue weighted by Crippen LogP contribution is -1.99. The van der Waals surface area contributed by atoms with Crippen LogP contribution in [0.4, 0.5) is 20.3 Å². The van der Waals surface area contributed by atoms with Gasteiger partial charge in [0, 0.05) is 23.5 Å². The fraction of sp³-hybridized carbons (Fsp3) is 0.0588. The molecule has 1 aliphatic heterocycles. The zero-order chi connectivity index (χ0) is 16.5. The molecule has 7 heteroatoms. The van der Waals surface area contributed by atoms with E-state index in [4.69, 9.17) is 0 Å². The van der Waals surface area contributed by atoms with Gasteiger partial charge in [-0.05, 0) is 30.3 Å². The van der Waals surface area contributed by atoms with Gasteiger partial charge in [0.1, 0.15) is 5.82 Å². The van der Waals surface area contributed by atoms with Gasteiger partial charge in [0.15, 0.2) is 17.5 Å². The molecule has 24 heavy (non-hydrogen) atoms. The van der Waals surface area contributed by atoms with E-state index in [2.05, 4.69) is 25.3 Å². The van der Waals surface area contributed by atoms with E-state index < -0.39 is 11.6 Å². The van der Waals surface area contributed by atoms with Crippen LogP contribution >= 0.6 is 0 Å². The van der Waals surface area contributed by atoms with Crippen molar-refractivity contribution in [3.8, 4) is 11.4 Å². The van der Waals surface area contributed by atoms with Gasteiger partial charge in [0.05, 0.1) is 24.1 Å². The Hall–Kier alpha value is -3.22. The summed E-state index contributed by atoms with van der Waals surface area (Å²) in [5.74, 6) is -1.01. The van der Waals surface area contributed by atoms with Crippen molar-refractivity contribution in [2.24, 2.45) is 4.99 Å². The molecule has 0 radical (unpaired) electrons. The first-order chi connectivity index (χ1) is 11.7. The van der Waals surface area contributed by atoms with Crippen LogP contribution in [0.2, 0.25) is 0 Å². The van der Waals surface area contributed by atoms with E-state index in [1.165, 1.54) is 6.07 Å². The Balaban J connectivity index is 1.63. The zero-order valence-corrected chi connectivity index (χ0v) is 12.4. The second kappa shape index (κ2) is 5.77. The van der Waals surface area contributed by atoms with Crippen molar-refractivity contribution in [1.82, 2.24) is 15.0 Å². The molecule has 0 atom stereocenters. The summed E-state index contributed by atoms with van der Waals surface area (Å²) in [7, 11) is 0. The number of pyridine rings is 1. The first-order valence-corrected chi connectivity index (χ1v) is 7.23. The summed E-state index contributed by atoms with van der Waals surface area (Å²) in [6, 6.07) is 7.17. The van der Waals surface area contributed by atoms with Gasteiger partial charge < -0.3 is 5.32 Å². The monoisotopic (exact) mass is 323 g/mol. The molecule has 5 nitrogen and oxygen atoms in total. The maximum absolute atomic E-state index is 13.4. The van der Waals surface area contributed by atoms with Gasteiger partial charge in [-0.3, -0.25) is 9.98 Å². The maximum atomic E-state index is 13.4. The van der Waals surface area contributed by atoms with Crippen LogP contribution in [-0.4, -0.2) is 21.2 Å². The molecular weight excluding hydrogens is 312 g/mol. The van der Waals surface area contributed by atoms with Crippen molar-refractivity contribution in [2.45, 2.75) is 6.54 Å². The molecule has 4 rings (SSSR count). The number of hydrogen-bond acceptors (Lipinski definition) is 5. The van der Waals surface area contributed by atoms with E-state index in [-0.39, 0.29) is 0 Å². The highest BCUT2D eigenvalue weighted by molar-refractivity contribution is 5.85. The Labute approximate surface area is 136 Å². The van der Waals surface area contributed by atoms with Gasteiger partial charge in [-0.25, -0.2) is 18.7 Å². The van der Waals surface area contributed by atoms with E-state index in [1.807, 2.05) is 6.07 Å². The molecule has 1 aliphatic rings. The number of nitrogens with one attached hydrogen (secondary N) is 1. The van der Waals surface area contributed by atoms with Crippen LogP contribution in [0.25, 0.3) is 11.4 Å². The summed E-state index contributed by atoms with van der Waals surface area (Å²) < 4.78 is 26.4. The van der Waals surface area contributed by atoms with Crippen LogP contribution in [0.5, 0.6) is 0 Å². The second-order valence-electron chi connectivity index (χ2n) is 5.25. The Morgan fingerprint density at radius 3 is 2.79 bits per heavy atom. The minimum absolute atomic E-state index is 0.301. The molecule has 118 valence electrons. The minimum atomic E-state index is -0.934. The topological polar surface area (TPSA) is 63.1 Å². The Morgan fingerprint density at radius 1 is 1.00 bits per heavy atom. The third kappa shape index (κ3) is 2.71. The molecule has 0 amide bonds. The molecular formula is C17H11F2N5. The smallest absolute Gasteiger partial charge is 0.161 e. The first-order valence-electron chi connectivity index (χ1n) is 7.23. The predicted molar refractivity (Wildman–Crippen MR) is 86.2 cm³/mol. The van der Waals surface area contributed by atoms with Gasteiger partial charge in [-0.1, -0.05) is 0 Å². The Kier molecular flexibility index (Phi) is 3.45. The van der Waals surface area contributed by atoms with Crippen molar-refractivity contribution >= 4 is 17.7 Å². The summed E-state index contributed by atoms with van der Waals surface area (Å²) in [4.78, 5) is 16.9. The molecule has 0 aliphatic carbocycles. The molecule has 3 aromatic rings. The van der Waals surface area contributed by atoms with Crippen LogP contribution in [0.15, 0.2) is 47.7 Å². The van der Waals surface area contributed by atoms with Gasteiger partial charge >= 0.3 is 0 Å². The number of nitrogens with zero attached hydrogens (tertiary/aromatic N) is 4. The number of aromatic nitrogens is 3. The Bertz CT molecular complexity index is 955. The van der Waals surface area contributed by atoms with E-state index in [0.717, 1.165) is 29.1 Å². The minimum Gasteiger partial charge on any atom is -0.339 e. The summed E-state index contributed by atoms with van der Waals surface area (Å²) in [6.07, 6.45) is 5.03. The van der Waals surface area contributed by atoms with E-state index in [0.29, 0.717) is 23.8 Å². The molecule has 1 N–H and O–H groups in total. The molecule has 0 fully saturated rings. The van der Waals surface area contributed by atoms with Crippen molar-refractivity contribution in [1.29, 1.82) is 0 Å². The van der Waals surface area contributed by atoms with Gasteiger partial charge in [-0.2, -0.15) is 0 Å². The number of hydrogen-bond donors (Lipinski definition) is 1. The maximum Gasteiger partial charge on any atom is 0.161 e. The molecule has 0 saturated heterocycles. The van der Waals surface area contributed by atoms with Crippen LogP contribution in [0, 0.1) is 11.6 Å². The standard InChI is InChI=1S/C17H11F2N5/c18-13-2-1-10(6-14(13)19)17-21-4-3-16(24-17)23-12-5-11-7-20-9-15(11)22-8-12/h1-8H,9H2,(H,21,23,24). The fourth-order valence-corrected chi connectivity index (χ4v) is 2.40. The molecule has 0 bridgehead atoms. The van der Waals surface area contributed by atoms with E-state index in [9.17, 15) is 8.78 Å².